The molecule has 0 aliphatic rings. The minimum Gasteiger partial charge on any atom is -0.512 e. The van der Waals surface area contributed by atoms with Crippen molar-refractivity contribution < 1.29 is 9.84 Å². The average molecular weight is 501 g/mol. The molecule has 4 aromatic rings. The number of nitrogens with zero attached hydrogens (tertiary/aromatic N) is 4. The summed E-state index contributed by atoms with van der Waals surface area (Å²) in [6.45, 7) is 3.60. The Labute approximate surface area is 192 Å². The number of aliphatic hydroxyl groups is 1. The number of methoxy groups -OCH3 is 1. The first-order chi connectivity index (χ1) is 14.8. The van der Waals surface area contributed by atoms with Gasteiger partial charge in [0.1, 0.15) is 15.5 Å². The SMILES string of the molecule is COc1cc2c(cc1/C(C(C)=N)=C(\C)O)nc(Cl)c1c(Br)nn(Cc3ccccn3)c12. The Balaban J connectivity index is 2.05. The molecule has 0 spiro atoms. The molecule has 3 aromatic heterocycles. The molecule has 3 heterocycles. The van der Waals surface area contributed by atoms with Crippen molar-refractivity contribution in [2.75, 3.05) is 7.11 Å². The monoisotopic (exact) mass is 499 g/mol. The zero-order chi connectivity index (χ0) is 22.3. The normalized spacial score (nSPS) is 12.3. The zero-order valence-corrected chi connectivity index (χ0v) is 19.4. The molecule has 0 saturated heterocycles. The summed E-state index contributed by atoms with van der Waals surface area (Å²) in [5.74, 6) is 0.537. The molecular formula is C22H19BrClN5O2. The Morgan fingerprint density at radius 3 is 2.68 bits per heavy atom. The number of hydrogen-bond acceptors (Lipinski definition) is 6. The van der Waals surface area contributed by atoms with Crippen molar-refractivity contribution in [2.45, 2.75) is 20.4 Å². The van der Waals surface area contributed by atoms with Crippen LogP contribution in [0, 0.1) is 5.41 Å². The van der Waals surface area contributed by atoms with Crippen LogP contribution in [-0.4, -0.2) is 37.7 Å². The quantitative estimate of drug-likeness (QED) is 0.206. The van der Waals surface area contributed by atoms with Crippen LogP contribution in [0.1, 0.15) is 25.1 Å². The maximum Gasteiger partial charge on any atom is 0.141 e. The molecule has 31 heavy (non-hydrogen) atoms. The van der Waals surface area contributed by atoms with Gasteiger partial charge in [-0.25, -0.2) is 4.98 Å². The van der Waals surface area contributed by atoms with Crippen molar-refractivity contribution in [1.29, 1.82) is 5.41 Å². The van der Waals surface area contributed by atoms with Crippen molar-refractivity contribution in [3.63, 3.8) is 0 Å². The fraction of sp³-hybridized carbons (Fsp3) is 0.182. The number of fused-ring (bicyclic) bond motifs is 3. The van der Waals surface area contributed by atoms with Crippen LogP contribution in [0.5, 0.6) is 5.75 Å². The number of hydrogen-bond donors (Lipinski definition) is 2. The van der Waals surface area contributed by atoms with Gasteiger partial charge in [-0.2, -0.15) is 5.10 Å². The van der Waals surface area contributed by atoms with Gasteiger partial charge in [0.15, 0.2) is 0 Å². The first-order valence-corrected chi connectivity index (χ1v) is 10.6. The summed E-state index contributed by atoms with van der Waals surface area (Å²) in [5.41, 5.74) is 3.41. The predicted molar refractivity (Wildman–Crippen MR) is 126 cm³/mol. The summed E-state index contributed by atoms with van der Waals surface area (Å²) in [5, 5.41) is 24.7. The van der Waals surface area contributed by atoms with Crippen LogP contribution in [0.15, 0.2) is 46.9 Å². The molecule has 0 bridgehead atoms. The third-order valence-corrected chi connectivity index (χ3v) is 5.78. The lowest BCUT2D eigenvalue weighted by Gasteiger charge is -2.15. The van der Waals surface area contributed by atoms with Gasteiger partial charge in [-0.15, -0.1) is 0 Å². The van der Waals surface area contributed by atoms with Gasteiger partial charge in [-0.1, -0.05) is 17.7 Å². The highest BCUT2D eigenvalue weighted by atomic mass is 79.9. The predicted octanol–water partition coefficient (Wildman–Crippen LogP) is 5.78. The fourth-order valence-electron chi connectivity index (χ4n) is 3.69. The van der Waals surface area contributed by atoms with Crippen LogP contribution in [0.2, 0.25) is 5.15 Å². The fourth-order valence-corrected chi connectivity index (χ4v) is 4.64. The van der Waals surface area contributed by atoms with Crippen LogP contribution < -0.4 is 4.74 Å². The second-order valence-electron chi connectivity index (χ2n) is 7.05. The molecule has 9 heteroatoms. The summed E-state index contributed by atoms with van der Waals surface area (Å²) in [4.78, 5) is 8.95. The summed E-state index contributed by atoms with van der Waals surface area (Å²) in [6.07, 6.45) is 1.74. The lowest BCUT2D eigenvalue weighted by Crippen LogP contribution is -2.05. The summed E-state index contributed by atoms with van der Waals surface area (Å²) >= 11 is 10.0. The number of nitrogens with one attached hydrogen (secondary N) is 1. The second-order valence-corrected chi connectivity index (χ2v) is 8.16. The van der Waals surface area contributed by atoms with E-state index in [9.17, 15) is 5.11 Å². The number of rotatable bonds is 5. The zero-order valence-electron chi connectivity index (χ0n) is 17.1. The highest BCUT2D eigenvalue weighted by Crippen LogP contribution is 2.39. The van der Waals surface area contributed by atoms with E-state index in [-0.39, 0.29) is 11.5 Å². The Morgan fingerprint density at radius 2 is 2.06 bits per heavy atom. The van der Waals surface area contributed by atoms with E-state index in [1.807, 2.05) is 28.9 Å². The average Bonchev–Trinajstić information content (AvgIpc) is 3.04. The maximum atomic E-state index is 10.2. The largest absolute Gasteiger partial charge is 0.512 e. The van der Waals surface area contributed by atoms with E-state index in [0.29, 0.717) is 44.1 Å². The molecular weight excluding hydrogens is 482 g/mol. The molecule has 2 N–H and O–H groups in total. The number of benzene rings is 1. The van der Waals surface area contributed by atoms with Crippen molar-refractivity contribution in [3.05, 3.63) is 63.3 Å². The topological polar surface area (TPSA) is 96.9 Å². The Hall–Kier alpha value is -2.97. The molecule has 0 amide bonds. The lowest BCUT2D eigenvalue weighted by atomic mass is 9.97. The first-order valence-electron chi connectivity index (χ1n) is 9.40. The number of ether oxygens (including phenoxy) is 1. The van der Waals surface area contributed by atoms with E-state index in [4.69, 9.17) is 21.7 Å². The number of aromatic nitrogens is 4. The number of pyridine rings is 2. The maximum absolute atomic E-state index is 10.2. The molecule has 7 nitrogen and oxygen atoms in total. The van der Waals surface area contributed by atoms with Crippen LogP contribution in [-0.2, 0) is 6.54 Å². The van der Waals surface area contributed by atoms with Crippen LogP contribution in [0.4, 0.5) is 0 Å². The number of allylic oxidation sites excluding steroid dienone is 2. The summed E-state index contributed by atoms with van der Waals surface area (Å²) in [6, 6.07) is 9.33. The minimum atomic E-state index is 0.0280. The smallest absolute Gasteiger partial charge is 0.141 e. The molecule has 0 atom stereocenters. The van der Waals surface area contributed by atoms with Gasteiger partial charge in [-0.05, 0) is 54.0 Å². The molecule has 158 valence electrons. The minimum absolute atomic E-state index is 0.0280. The molecule has 0 unspecified atom stereocenters. The molecule has 0 aliphatic carbocycles. The highest BCUT2D eigenvalue weighted by Gasteiger charge is 2.21. The Bertz CT molecular complexity index is 1360. The van der Waals surface area contributed by atoms with Crippen LogP contribution in [0.3, 0.4) is 0 Å². The Morgan fingerprint density at radius 1 is 1.29 bits per heavy atom. The third-order valence-electron chi connectivity index (χ3n) is 4.95. The van der Waals surface area contributed by atoms with Gasteiger partial charge >= 0.3 is 0 Å². The van der Waals surface area contributed by atoms with E-state index >= 15 is 0 Å². The van der Waals surface area contributed by atoms with E-state index in [1.165, 1.54) is 0 Å². The number of halogens is 2. The third kappa shape index (κ3) is 3.77. The first kappa shape index (κ1) is 21.3. The van der Waals surface area contributed by atoms with Crippen molar-refractivity contribution in [3.8, 4) is 5.75 Å². The second kappa shape index (κ2) is 8.28. The Kier molecular flexibility index (Phi) is 5.68. The molecule has 0 fully saturated rings. The van der Waals surface area contributed by atoms with Crippen LogP contribution >= 0.6 is 27.5 Å². The molecule has 0 saturated carbocycles. The highest BCUT2D eigenvalue weighted by molar-refractivity contribution is 9.10. The molecule has 0 radical (unpaired) electrons. The van der Waals surface area contributed by atoms with E-state index in [2.05, 4.69) is 31.0 Å². The van der Waals surface area contributed by atoms with Crippen LogP contribution in [0.25, 0.3) is 27.4 Å². The molecule has 4 rings (SSSR count). The van der Waals surface area contributed by atoms with Crippen molar-refractivity contribution in [1.82, 2.24) is 19.7 Å². The van der Waals surface area contributed by atoms with Gasteiger partial charge in [0.2, 0.25) is 0 Å². The van der Waals surface area contributed by atoms with Gasteiger partial charge in [-0.3, -0.25) is 9.67 Å². The standard InChI is InChI=1S/C22H19BrClN5O2/c1-11(25)18(12(2)30)15-8-16-14(9-17(15)31-3)20-19(22(24)27-16)21(23)28-29(20)10-13-6-4-5-7-26-13/h4-9,25,30H,10H2,1-3H3/b18-12+,25-11?. The summed E-state index contributed by atoms with van der Waals surface area (Å²) < 4.78 is 8.03. The summed E-state index contributed by atoms with van der Waals surface area (Å²) in [7, 11) is 1.55. The van der Waals surface area contributed by atoms with Gasteiger partial charge < -0.3 is 15.3 Å². The van der Waals surface area contributed by atoms with Crippen molar-refractivity contribution >= 4 is 60.6 Å². The van der Waals surface area contributed by atoms with Gasteiger partial charge in [0, 0.05) is 28.4 Å². The van der Waals surface area contributed by atoms with Crippen molar-refractivity contribution in [2.24, 2.45) is 0 Å². The van der Waals surface area contributed by atoms with E-state index < -0.39 is 0 Å². The molecule has 1 aromatic carbocycles. The number of aliphatic hydroxyl groups excluding tert-OH is 1. The van der Waals surface area contributed by atoms with E-state index in [0.717, 1.165) is 16.6 Å². The molecule has 0 aliphatic heterocycles. The van der Waals surface area contributed by atoms with Gasteiger partial charge in [0.05, 0.1) is 41.5 Å². The van der Waals surface area contributed by atoms with Gasteiger partial charge in [0.25, 0.3) is 0 Å². The lowest BCUT2D eigenvalue weighted by molar-refractivity contribution is 0.409. The van der Waals surface area contributed by atoms with E-state index in [1.54, 1.807) is 33.2 Å².